The zero-order valence-corrected chi connectivity index (χ0v) is 5.24. The van der Waals surface area contributed by atoms with E-state index in [4.69, 9.17) is 12.3 Å². The molecule has 0 bridgehead atoms. The first-order chi connectivity index (χ1) is 4.86. The molecule has 1 heterocycles. The van der Waals surface area contributed by atoms with E-state index in [-0.39, 0.29) is 0 Å². The lowest BCUT2D eigenvalue weighted by molar-refractivity contribution is 0.602. The SMILES string of the molecule is [B]c1ccc2ocnc2c1. The third-order valence-electron chi connectivity index (χ3n) is 1.35. The lowest BCUT2D eigenvalue weighted by Crippen LogP contribution is -1.98. The second kappa shape index (κ2) is 1.87. The van der Waals surface area contributed by atoms with Crippen LogP contribution in [0, 0.1) is 0 Å². The summed E-state index contributed by atoms with van der Waals surface area (Å²) in [6.45, 7) is 0. The third kappa shape index (κ3) is 0.710. The molecule has 2 nitrogen and oxygen atoms in total. The molecule has 0 unspecified atom stereocenters. The van der Waals surface area contributed by atoms with E-state index in [9.17, 15) is 0 Å². The Labute approximate surface area is 59.3 Å². The zero-order chi connectivity index (χ0) is 6.97. The molecule has 2 radical (unpaired) electrons. The van der Waals surface area contributed by atoms with Crippen molar-refractivity contribution in [3.8, 4) is 0 Å². The van der Waals surface area contributed by atoms with Gasteiger partial charge in [0, 0.05) is 0 Å². The highest BCUT2D eigenvalue weighted by atomic mass is 16.3. The average molecular weight is 129 g/mol. The minimum atomic E-state index is 0.710. The largest absolute Gasteiger partial charge is 0.443 e. The Hall–Kier alpha value is -1.25. The van der Waals surface area contributed by atoms with Gasteiger partial charge in [0.2, 0.25) is 0 Å². The Morgan fingerprint density at radius 2 is 2.30 bits per heavy atom. The first-order valence-corrected chi connectivity index (χ1v) is 2.95. The van der Waals surface area contributed by atoms with Crippen molar-refractivity contribution < 1.29 is 4.42 Å². The van der Waals surface area contributed by atoms with Crippen LogP contribution >= 0.6 is 0 Å². The second-order valence-electron chi connectivity index (χ2n) is 2.08. The summed E-state index contributed by atoms with van der Waals surface area (Å²) in [6.07, 6.45) is 1.41. The Bertz CT molecular complexity index is 355. The standard InChI is InChI=1S/C7H4BNO/c8-5-1-2-7-6(3-5)9-4-10-7/h1-4H. The quantitative estimate of drug-likeness (QED) is 0.487. The van der Waals surface area contributed by atoms with Crippen molar-refractivity contribution >= 4 is 24.4 Å². The van der Waals surface area contributed by atoms with Crippen molar-refractivity contribution in [3.05, 3.63) is 24.6 Å². The van der Waals surface area contributed by atoms with Crippen LogP contribution in [0.25, 0.3) is 11.1 Å². The van der Waals surface area contributed by atoms with Gasteiger partial charge in [-0.2, -0.15) is 0 Å². The highest BCUT2D eigenvalue weighted by Crippen LogP contribution is 2.07. The molecule has 1 aromatic heterocycles. The predicted molar refractivity (Wildman–Crippen MR) is 39.4 cm³/mol. The van der Waals surface area contributed by atoms with Crippen LogP contribution in [-0.2, 0) is 0 Å². The van der Waals surface area contributed by atoms with Crippen molar-refractivity contribution in [1.29, 1.82) is 0 Å². The van der Waals surface area contributed by atoms with Gasteiger partial charge in [-0.25, -0.2) is 4.98 Å². The Balaban J connectivity index is 2.86. The molecule has 0 aliphatic rings. The van der Waals surface area contributed by atoms with Gasteiger partial charge in [0.05, 0.1) is 0 Å². The Kier molecular flexibility index (Phi) is 1.03. The van der Waals surface area contributed by atoms with E-state index in [2.05, 4.69) is 4.98 Å². The van der Waals surface area contributed by atoms with Crippen molar-refractivity contribution in [2.24, 2.45) is 0 Å². The van der Waals surface area contributed by atoms with Gasteiger partial charge in [-0.15, -0.1) is 0 Å². The van der Waals surface area contributed by atoms with Gasteiger partial charge in [0.15, 0.2) is 12.0 Å². The second-order valence-corrected chi connectivity index (χ2v) is 2.08. The van der Waals surface area contributed by atoms with Gasteiger partial charge < -0.3 is 4.42 Å². The number of rotatable bonds is 0. The number of hydrogen-bond acceptors (Lipinski definition) is 2. The van der Waals surface area contributed by atoms with Crippen LogP contribution in [0.1, 0.15) is 0 Å². The molecule has 3 heteroatoms. The molecule has 0 aliphatic carbocycles. The van der Waals surface area contributed by atoms with Crippen LogP contribution in [0.15, 0.2) is 29.0 Å². The average Bonchev–Trinajstić information content (AvgIpc) is 2.33. The van der Waals surface area contributed by atoms with E-state index >= 15 is 0 Å². The smallest absolute Gasteiger partial charge is 0.181 e. The van der Waals surface area contributed by atoms with Crippen molar-refractivity contribution in [1.82, 2.24) is 4.98 Å². The van der Waals surface area contributed by atoms with Crippen LogP contribution in [0.2, 0.25) is 0 Å². The lowest BCUT2D eigenvalue weighted by Gasteiger charge is -1.87. The molecule has 2 rings (SSSR count). The summed E-state index contributed by atoms with van der Waals surface area (Å²) < 4.78 is 5.01. The fourth-order valence-corrected chi connectivity index (χ4v) is 0.875. The maximum absolute atomic E-state index is 5.50. The van der Waals surface area contributed by atoms with Crippen molar-refractivity contribution in [2.45, 2.75) is 0 Å². The summed E-state index contributed by atoms with van der Waals surface area (Å²) in [5.74, 6) is 0. The molecule has 10 heavy (non-hydrogen) atoms. The summed E-state index contributed by atoms with van der Waals surface area (Å²) in [4.78, 5) is 3.93. The van der Waals surface area contributed by atoms with E-state index in [1.165, 1.54) is 6.39 Å². The summed E-state index contributed by atoms with van der Waals surface area (Å²) in [7, 11) is 5.50. The minimum absolute atomic E-state index is 0.710. The molecule has 0 fully saturated rings. The molecule has 1 aromatic carbocycles. The van der Waals surface area contributed by atoms with E-state index in [0.717, 1.165) is 11.1 Å². The number of benzene rings is 1. The molecule has 46 valence electrons. The Morgan fingerprint density at radius 1 is 1.40 bits per heavy atom. The van der Waals surface area contributed by atoms with Gasteiger partial charge >= 0.3 is 0 Å². The molecule has 0 spiro atoms. The van der Waals surface area contributed by atoms with E-state index in [0.29, 0.717) is 5.46 Å². The van der Waals surface area contributed by atoms with Crippen molar-refractivity contribution in [3.63, 3.8) is 0 Å². The number of nitrogens with zero attached hydrogens (tertiary/aromatic N) is 1. The first kappa shape index (κ1) is 5.53. The topological polar surface area (TPSA) is 26.0 Å². The third-order valence-corrected chi connectivity index (χ3v) is 1.35. The summed E-state index contributed by atoms with van der Waals surface area (Å²) in [5, 5.41) is 0. The normalized spacial score (nSPS) is 10.4. The van der Waals surface area contributed by atoms with E-state index in [1.54, 1.807) is 18.2 Å². The van der Waals surface area contributed by atoms with Gasteiger partial charge in [0.1, 0.15) is 13.4 Å². The van der Waals surface area contributed by atoms with Crippen molar-refractivity contribution in [2.75, 3.05) is 0 Å². The lowest BCUT2D eigenvalue weighted by atomic mass is 9.96. The molecule has 0 atom stereocenters. The maximum atomic E-state index is 5.50. The van der Waals surface area contributed by atoms with E-state index < -0.39 is 0 Å². The maximum Gasteiger partial charge on any atom is 0.181 e. The fourth-order valence-electron chi connectivity index (χ4n) is 0.875. The van der Waals surface area contributed by atoms with Crippen LogP contribution in [-0.4, -0.2) is 12.8 Å². The molecule has 2 aromatic rings. The zero-order valence-electron chi connectivity index (χ0n) is 5.24. The molecule has 0 aliphatic heterocycles. The van der Waals surface area contributed by atoms with Crippen LogP contribution in [0.5, 0.6) is 0 Å². The van der Waals surface area contributed by atoms with Gasteiger partial charge in [-0.3, -0.25) is 0 Å². The number of oxazole rings is 1. The predicted octanol–water partition coefficient (Wildman–Crippen LogP) is 0.622. The van der Waals surface area contributed by atoms with Crippen LogP contribution in [0.3, 0.4) is 0 Å². The minimum Gasteiger partial charge on any atom is -0.443 e. The Morgan fingerprint density at radius 3 is 3.20 bits per heavy atom. The van der Waals surface area contributed by atoms with Gasteiger partial charge in [0.25, 0.3) is 0 Å². The molecule has 0 saturated carbocycles. The van der Waals surface area contributed by atoms with E-state index in [1.807, 2.05) is 0 Å². The summed E-state index contributed by atoms with van der Waals surface area (Å²) >= 11 is 0. The molecule has 0 saturated heterocycles. The number of fused-ring (bicyclic) bond motifs is 1. The molecule has 0 amide bonds. The van der Waals surface area contributed by atoms with Crippen LogP contribution in [0.4, 0.5) is 0 Å². The molecule has 0 N–H and O–H groups in total. The summed E-state index contributed by atoms with van der Waals surface area (Å²) in [6, 6.07) is 5.37. The van der Waals surface area contributed by atoms with Gasteiger partial charge in [-0.1, -0.05) is 11.5 Å². The first-order valence-electron chi connectivity index (χ1n) is 2.95. The van der Waals surface area contributed by atoms with Gasteiger partial charge in [-0.05, 0) is 12.1 Å². The van der Waals surface area contributed by atoms with Crippen LogP contribution < -0.4 is 5.46 Å². The monoisotopic (exact) mass is 129 g/mol. The highest BCUT2D eigenvalue weighted by molar-refractivity contribution is 6.33. The molecular formula is C7H4BNO. The number of hydrogen-bond donors (Lipinski definition) is 0. The molecular weight excluding hydrogens is 125 g/mol. The number of aromatic nitrogens is 1. The highest BCUT2D eigenvalue weighted by Gasteiger charge is 1.94. The summed E-state index contributed by atoms with van der Waals surface area (Å²) in [5.41, 5.74) is 2.29. The fraction of sp³-hybridized carbons (Fsp3) is 0.